The summed E-state index contributed by atoms with van der Waals surface area (Å²) < 4.78 is 72.2. The van der Waals surface area contributed by atoms with E-state index in [1.807, 2.05) is 5.10 Å². The largest absolute Gasteiger partial charge is 0.492 e. The lowest BCUT2D eigenvalue weighted by atomic mass is 10.1. The second kappa shape index (κ2) is 11.1. The topological polar surface area (TPSA) is 142 Å². The van der Waals surface area contributed by atoms with Crippen molar-refractivity contribution in [2.45, 2.75) is 17.2 Å². The van der Waals surface area contributed by atoms with Crippen molar-refractivity contribution in [2.75, 3.05) is 30.2 Å². The van der Waals surface area contributed by atoms with Crippen LogP contribution in [0.5, 0.6) is 5.75 Å². The predicted molar refractivity (Wildman–Crippen MR) is 138 cm³/mol. The molecule has 6 N–H and O–H groups in total. The van der Waals surface area contributed by atoms with E-state index in [0.29, 0.717) is 17.9 Å². The van der Waals surface area contributed by atoms with Crippen LogP contribution in [-0.2, 0) is 16.2 Å². The van der Waals surface area contributed by atoms with E-state index >= 15 is 0 Å². The van der Waals surface area contributed by atoms with Crippen molar-refractivity contribution in [2.24, 2.45) is 0 Å². The molecule has 1 atom stereocenters. The number of nitrogens with two attached hydrogens (primary N) is 1. The van der Waals surface area contributed by atoms with E-state index in [1.165, 1.54) is 48.5 Å². The molecule has 0 aliphatic heterocycles. The molecule has 0 radical (unpaired) electrons. The first-order valence-corrected chi connectivity index (χ1v) is 13.0. The number of aromatic nitrogens is 2. The van der Waals surface area contributed by atoms with E-state index in [-0.39, 0.29) is 45.3 Å². The smallest absolute Gasteiger partial charge is 0.433 e. The summed E-state index contributed by atoms with van der Waals surface area (Å²) in [5.41, 5.74) is 5.68. The molecular weight excluding hydrogens is 547 g/mol. The minimum atomic E-state index is -4.53. The van der Waals surface area contributed by atoms with E-state index in [4.69, 9.17) is 22.1 Å². The number of ether oxygens (including phenoxy) is 1. The molecule has 14 heteroatoms. The van der Waals surface area contributed by atoms with Crippen molar-refractivity contribution in [1.29, 1.82) is 0 Å². The molecular formula is C24H23ClF3N5O4S. The van der Waals surface area contributed by atoms with Crippen LogP contribution in [-0.4, -0.2) is 43.4 Å². The number of rotatable bonds is 10. The number of aromatic amines is 1. The van der Waals surface area contributed by atoms with Crippen molar-refractivity contribution in [3.63, 3.8) is 0 Å². The van der Waals surface area contributed by atoms with E-state index in [9.17, 15) is 26.7 Å². The summed E-state index contributed by atoms with van der Waals surface area (Å²) in [5.74, 6) is 0.342. The lowest BCUT2D eigenvalue weighted by Gasteiger charge is -2.16. The van der Waals surface area contributed by atoms with Gasteiger partial charge in [0.15, 0.2) is 0 Å². The van der Waals surface area contributed by atoms with Crippen LogP contribution in [0, 0.1) is 0 Å². The number of sulfonamides is 1. The van der Waals surface area contributed by atoms with Gasteiger partial charge in [-0.25, -0.2) is 8.42 Å². The van der Waals surface area contributed by atoms with Gasteiger partial charge in [0.05, 0.1) is 27.2 Å². The van der Waals surface area contributed by atoms with Gasteiger partial charge in [-0.1, -0.05) is 23.7 Å². The molecule has 3 aromatic carbocycles. The highest BCUT2D eigenvalue weighted by Gasteiger charge is 2.35. The number of H-pyrrole nitrogens is 1. The van der Waals surface area contributed by atoms with E-state index in [2.05, 4.69) is 15.1 Å². The van der Waals surface area contributed by atoms with Crippen molar-refractivity contribution in [3.05, 3.63) is 76.9 Å². The Morgan fingerprint density at radius 2 is 1.92 bits per heavy atom. The van der Waals surface area contributed by atoms with Crippen LogP contribution in [0.4, 0.5) is 24.5 Å². The Labute approximate surface area is 220 Å². The number of fused-ring (bicyclic) bond motifs is 1. The molecule has 38 heavy (non-hydrogen) atoms. The van der Waals surface area contributed by atoms with Gasteiger partial charge in [-0.05, 0) is 48.0 Å². The zero-order valence-electron chi connectivity index (χ0n) is 19.6. The number of nitrogens with zero attached hydrogens (tertiary/aromatic N) is 1. The molecule has 0 spiro atoms. The number of anilines is 2. The van der Waals surface area contributed by atoms with Crippen molar-refractivity contribution in [1.82, 2.24) is 15.5 Å². The Morgan fingerprint density at radius 1 is 1.13 bits per heavy atom. The molecule has 0 fully saturated rings. The molecule has 4 aromatic rings. The monoisotopic (exact) mass is 569 g/mol. The summed E-state index contributed by atoms with van der Waals surface area (Å²) in [4.78, 5) is -0.0339. The van der Waals surface area contributed by atoms with Crippen molar-refractivity contribution >= 4 is 43.9 Å². The fourth-order valence-electron chi connectivity index (χ4n) is 3.61. The summed E-state index contributed by atoms with van der Waals surface area (Å²) >= 11 is 6.16. The van der Waals surface area contributed by atoms with Crippen molar-refractivity contribution in [3.8, 4) is 5.75 Å². The number of benzene rings is 3. The van der Waals surface area contributed by atoms with Crippen LogP contribution in [0.25, 0.3) is 10.9 Å². The number of halogens is 4. The number of nitrogens with one attached hydrogen (secondary N) is 3. The maximum Gasteiger partial charge on any atom is 0.433 e. The third kappa shape index (κ3) is 6.48. The van der Waals surface area contributed by atoms with Crippen LogP contribution in [0.15, 0.2) is 65.6 Å². The number of aliphatic hydroxyl groups is 1. The van der Waals surface area contributed by atoms with E-state index in [1.54, 1.807) is 12.1 Å². The van der Waals surface area contributed by atoms with Gasteiger partial charge in [-0.2, -0.15) is 18.3 Å². The number of nitrogen functional groups attached to an aromatic ring is 1. The Hall–Kier alpha value is -3.52. The first-order chi connectivity index (χ1) is 17.9. The maximum atomic E-state index is 13.0. The Kier molecular flexibility index (Phi) is 8.02. The van der Waals surface area contributed by atoms with Crippen LogP contribution in [0.3, 0.4) is 0 Å². The Balaban J connectivity index is 1.30. The molecule has 1 aromatic heterocycles. The molecule has 0 saturated heterocycles. The van der Waals surface area contributed by atoms with Crippen LogP contribution in [0.2, 0.25) is 5.02 Å². The summed E-state index contributed by atoms with van der Waals surface area (Å²) in [5, 5.41) is 19.3. The molecule has 4 rings (SSSR count). The molecule has 0 unspecified atom stereocenters. The average Bonchev–Trinajstić information content (AvgIpc) is 3.29. The molecule has 0 amide bonds. The molecule has 0 aliphatic rings. The zero-order chi connectivity index (χ0) is 27.5. The fourth-order valence-corrected chi connectivity index (χ4v) is 4.96. The lowest BCUT2D eigenvalue weighted by molar-refractivity contribution is -0.139. The van der Waals surface area contributed by atoms with Gasteiger partial charge in [0.25, 0.3) is 10.0 Å². The van der Waals surface area contributed by atoms with E-state index < -0.39 is 28.0 Å². The van der Waals surface area contributed by atoms with Crippen LogP contribution < -0.4 is 20.5 Å². The number of aliphatic hydroxyl groups excluding tert-OH is 1. The first kappa shape index (κ1) is 27.5. The third-order valence-electron chi connectivity index (χ3n) is 5.48. The summed E-state index contributed by atoms with van der Waals surface area (Å²) in [6, 6.07) is 14.4. The van der Waals surface area contributed by atoms with Gasteiger partial charge in [0, 0.05) is 30.2 Å². The Morgan fingerprint density at radius 3 is 2.66 bits per heavy atom. The molecule has 0 saturated carbocycles. The average molecular weight is 570 g/mol. The zero-order valence-corrected chi connectivity index (χ0v) is 21.2. The van der Waals surface area contributed by atoms with Crippen LogP contribution in [0.1, 0.15) is 17.4 Å². The molecule has 0 bridgehead atoms. The number of alkyl halides is 3. The molecule has 9 nitrogen and oxygen atoms in total. The number of hydrogen-bond acceptors (Lipinski definition) is 7. The maximum absolute atomic E-state index is 13.0. The van der Waals surface area contributed by atoms with Crippen LogP contribution >= 0.6 is 11.6 Å². The van der Waals surface area contributed by atoms with Gasteiger partial charge < -0.3 is 20.9 Å². The standard InChI is InChI=1S/C24H23ClF3N5O4S/c25-19-7-4-14(10-21(19)33-38(35,36)17-3-1-2-15(29)11-17)22(34)13-30-8-9-37-16-5-6-18-20(12-16)31-32-23(18)24(26,27)28/h1-7,10-12,22,30,33-34H,8-9,13,29H2,(H,31,32)/t22-/m0/s1. The van der Waals surface area contributed by atoms with Gasteiger partial charge in [0.2, 0.25) is 0 Å². The summed E-state index contributed by atoms with van der Waals surface area (Å²) in [6.45, 7) is 0.590. The van der Waals surface area contributed by atoms with Gasteiger partial charge in [-0.15, -0.1) is 0 Å². The summed E-state index contributed by atoms with van der Waals surface area (Å²) in [6.07, 6.45) is -5.53. The predicted octanol–water partition coefficient (Wildman–Crippen LogP) is 4.32. The first-order valence-electron chi connectivity index (χ1n) is 11.2. The van der Waals surface area contributed by atoms with Crippen molar-refractivity contribution < 1.29 is 31.4 Å². The highest BCUT2D eigenvalue weighted by Crippen LogP contribution is 2.34. The highest BCUT2D eigenvalue weighted by molar-refractivity contribution is 7.92. The van der Waals surface area contributed by atoms with E-state index in [0.717, 1.165) is 0 Å². The minimum Gasteiger partial charge on any atom is -0.492 e. The van der Waals surface area contributed by atoms with Gasteiger partial charge in [0.1, 0.15) is 18.1 Å². The molecule has 1 heterocycles. The second-order valence-electron chi connectivity index (χ2n) is 8.26. The van der Waals surface area contributed by atoms with Gasteiger partial charge >= 0.3 is 6.18 Å². The SMILES string of the molecule is Nc1cccc(S(=O)(=O)Nc2cc([C@@H](O)CNCCOc3ccc4c(C(F)(F)F)[nH]nc4c3)ccc2Cl)c1. The number of hydrogen-bond donors (Lipinski definition) is 5. The third-order valence-corrected chi connectivity index (χ3v) is 7.18. The molecule has 202 valence electrons. The Bertz CT molecular complexity index is 1550. The summed E-state index contributed by atoms with van der Waals surface area (Å²) in [7, 11) is -3.96. The van der Waals surface area contributed by atoms with Gasteiger partial charge in [-0.3, -0.25) is 9.82 Å². The highest BCUT2D eigenvalue weighted by atomic mass is 35.5. The second-order valence-corrected chi connectivity index (χ2v) is 10.4. The minimum absolute atomic E-state index is 0.0339. The normalized spacial score (nSPS) is 13.0. The lowest BCUT2D eigenvalue weighted by Crippen LogP contribution is -2.26. The fraction of sp³-hybridized carbons (Fsp3) is 0.208. The molecule has 0 aliphatic carbocycles. The quantitative estimate of drug-likeness (QED) is 0.141.